The topological polar surface area (TPSA) is 85.6 Å². The molecule has 0 aromatic carbocycles. The number of rotatable bonds is 5. The van der Waals surface area contributed by atoms with E-state index < -0.39 is 0 Å². The molecule has 7 nitrogen and oxygen atoms in total. The Kier molecular flexibility index (Phi) is 4.48. The number of carbonyl (C=O) groups excluding carboxylic acids is 1. The minimum Gasteiger partial charge on any atom is -0.349 e. The highest BCUT2D eigenvalue weighted by molar-refractivity contribution is 7.09. The molecule has 4 heterocycles. The summed E-state index contributed by atoms with van der Waals surface area (Å²) in [6.07, 6.45) is 6.47. The maximum atomic E-state index is 12.8. The summed E-state index contributed by atoms with van der Waals surface area (Å²) >= 11 is 1.63. The molecule has 0 aliphatic heterocycles. The van der Waals surface area contributed by atoms with E-state index in [1.165, 1.54) is 10.9 Å². The molecule has 4 aromatic heterocycles. The van der Waals surface area contributed by atoms with Crippen molar-refractivity contribution in [3.8, 4) is 11.4 Å². The van der Waals surface area contributed by atoms with Gasteiger partial charge in [-0.2, -0.15) is 9.67 Å². The molecule has 0 spiro atoms. The summed E-state index contributed by atoms with van der Waals surface area (Å²) in [6.45, 7) is 0.559. The molecule has 0 amide bonds. The number of aromatic nitrogens is 5. The lowest BCUT2D eigenvalue weighted by Gasteiger charge is -2.06. The highest BCUT2D eigenvalue weighted by Gasteiger charge is 2.19. The first kappa shape index (κ1) is 16.1. The first-order valence-electron chi connectivity index (χ1n) is 7.90. The summed E-state index contributed by atoms with van der Waals surface area (Å²) in [5, 5.41) is 9.58. The number of hydrogen-bond donors (Lipinski definition) is 1. The molecular weight excluding hydrogens is 348 g/mol. The van der Waals surface area contributed by atoms with Crippen molar-refractivity contribution < 1.29 is 4.79 Å². The van der Waals surface area contributed by atoms with Crippen LogP contribution in [0.4, 0.5) is 5.95 Å². The molecule has 0 saturated carbocycles. The van der Waals surface area contributed by atoms with E-state index in [1.807, 2.05) is 23.6 Å². The van der Waals surface area contributed by atoms with Crippen molar-refractivity contribution in [3.63, 3.8) is 0 Å². The van der Waals surface area contributed by atoms with E-state index >= 15 is 0 Å². The maximum Gasteiger partial charge on any atom is 0.282 e. The SMILES string of the molecule is O=C(c1cccnc1)n1nc(-c2cccnc2)nc1NCc1cccs1. The summed E-state index contributed by atoms with van der Waals surface area (Å²) in [6, 6.07) is 11.1. The average molecular weight is 362 g/mol. The van der Waals surface area contributed by atoms with Gasteiger partial charge in [-0.15, -0.1) is 16.4 Å². The highest BCUT2D eigenvalue weighted by atomic mass is 32.1. The number of carbonyl (C=O) groups is 1. The normalized spacial score (nSPS) is 10.6. The van der Waals surface area contributed by atoms with Gasteiger partial charge in [-0.05, 0) is 35.7 Å². The van der Waals surface area contributed by atoms with Crippen LogP contribution in [-0.4, -0.2) is 30.6 Å². The van der Waals surface area contributed by atoms with Crippen LogP contribution in [0.25, 0.3) is 11.4 Å². The predicted molar refractivity (Wildman–Crippen MR) is 98.9 cm³/mol. The lowest BCUT2D eigenvalue weighted by Crippen LogP contribution is -2.17. The number of thiophene rings is 1. The molecule has 0 fully saturated rings. The van der Waals surface area contributed by atoms with E-state index in [4.69, 9.17) is 0 Å². The van der Waals surface area contributed by atoms with E-state index in [2.05, 4.69) is 25.4 Å². The Morgan fingerprint density at radius 3 is 2.62 bits per heavy atom. The van der Waals surface area contributed by atoms with Crippen LogP contribution in [0.15, 0.2) is 66.6 Å². The predicted octanol–water partition coefficient (Wildman–Crippen LogP) is 3.10. The first-order valence-corrected chi connectivity index (χ1v) is 8.77. The standard InChI is InChI=1S/C18H14N6OS/c25-17(14-5-2-8-20-11-14)24-18(21-12-15-6-3-9-26-15)22-16(23-24)13-4-1-7-19-10-13/h1-11H,12H2,(H,21,22,23). The lowest BCUT2D eigenvalue weighted by molar-refractivity contribution is 0.0947. The average Bonchev–Trinajstić information content (AvgIpc) is 3.37. The van der Waals surface area contributed by atoms with E-state index in [0.717, 1.165) is 10.4 Å². The van der Waals surface area contributed by atoms with Gasteiger partial charge < -0.3 is 5.32 Å². The van der Waals surface area contributed by atoms with Gasteiger partial charge in [0.2, 0.25) is 5.95 Å². The second kappa shape index (κ2) is 7.24. The van der Waals surface area contributed by atoms with Crippen molar-refractivity contribution in [2.24, 2.45) is 0 Å². The first-order chi connectivity index (χ1) is 12.8. The van der Waals surface area contributed by atoms with Crippen LogP contribution in [0.5, 0.6) is 0 Å². The van der Waals surface area contributed by atoms with Crippen molar-refractivity contribution >= 4 is 23.2 Å². The fourth-order valence-electron chi connectivity index (χ4n) is 2.38. The maximum absolute atomic E-state index is 12.8. The zero-order chi connectivity index (χ0) is 17.8. The highest BCUT2D eigenvalue weighted by Crippen LogP contribution is 2.19. The largest absolute Gasteiger partial charge is 0.349 e. The van der Waals surface area contributed by atoms with Gasteiger partial charge in [0.15, 0.2) is 5.82 Å². The summed E-state index contributed by atoms with van der Waals surface area (Å²) in [5.41, 5.74) is 1.18. The Balaban J connectivity index is 1.70. The van der Waals surface area contributed by atoms with Crippen molar-refractivity contribution in [2.75, 3.05) is 5.32 Å². The smallest absolute Gasteiger partial charge is 0.282 e. The molecule has 0 aliphatic rings. The third kappa shape index (κ3) is 3.35. The Labute approximate surface area is 153 Å². The molecule has 0 unspecified atom stereocenters. The summed E-state index contributed by atoms with van der Waals surface area (Å²) < 4.78 is 1.27. The monoisotopic (exact) mass is 362 g/mol. The molecule has 0 saturated heterocycles. The van der Waals surface area contributed by atoms with Crippen LogP contribution in [0, 0.1) is 0 Å². The van der Waals surface area contributed by atoms with Gasteiger partial charge >= 0.3 is 0 Å². The summed E-state index contributed by atoms with van der Waals surface area (Å²) in [5.74, 6) is 0.518. The zero-order valence-electron chi connectivity index (χ0n) is 13.6. The quantitative estimate of drug-likeness (QED) is 0.587. The number of nitrogens with zero attached hydrogens (tertiary/aromatic N) is 5. The minimum absolute atomic E-state index is 0.297. The number of pyridine rings is 2. The Morgan fingerprint density at radius 2 is 1.92 bits per heavy atom. The van der Waals surface area contributed by atoms with Crippen LogP contribution < -0.4 is 5.32 Å². The van der Waals surface area contributed by atoms with Gasteiger partial charge in [-0.25, -0.2) is 0 Å². The van der Waals surface area contributed by atoms with Crippen molar-refractivity contribution in [2.45, 2.75) is 6.54 Å². The molecule has 4 rings (SSSR count). The summed E-state index contributed by atoms with van der Waals surface area (Å²) in [7, 11) is 0. The van der Waals surface area contributed by atoms with Crippen molar-refractivity contribution in [1.29, 1.82) is 0 Å². The van der Waals surface area contributed by atoms with E-state index in [-0.39, 0.29) is 5.91 Å². The Morgan fingerprint density at radius 1 is 1.08 bits per heavy atom. The van der Waals surface area contributed by atoms with Gasteiger partial charge in [0, 0.05) is 35.2 Å². The van der Waals surface area contributed by atoms with E-state index in [0.29, 0.717) is 23.9 Å². The fourth-order valence-corrected chi connectivity index (χ4v) is 3.02. The summed E-state index contributed by atoms with van der Waals surface area (Å²) in [4.78, 5) is 26.6. The van der Waals surface area contributed by atoms with Crippen LogP contribution in [-0.2, 0) is 6.54 Å². The number of hydrogen-bond acceptors (Lipinski definition) is 7. The zero-order valence-corrected chi connectivity index (χ0v) is 14.4. The third-order valence-electron chi connectivity index (χ3n) is 3.63. The molecule has 0 aliphatic carbocycles. The van der Waals surface area contributed by atoms with Crippen LogP contribution in [0.2, 0.25) is 0 Å². The van der Waals surface area contributed by atoms with Gasteiger partial charge in [0.05, 0.1) is 12.1 Å². The van der Waals surface area contributed by atoms with Gasteiger partial charge in [-0.1, -0.05) is 6.07 Å². The molecular formula is C18H14N6OS. The molecule has 0 atom stereocenters. The number of nitrogens with one attached hydrogen (secondary N) is 1. The van der Waals surface area contributed by atoms with Crippen molar-refractivity contribution in [3.05, 3.63) is 77.0 Å². The van der Waals surface area contributed by atoms with Gasteiger partial charge in [-0.3, -0.25) is 14.8 Å². The molecule has 0 bridgehead atoms. The van der Waals surface area contributed by atoms with E-state index in [1.54, 1.807) is 48.1 Å². The molecule has 1 N–H and O–H groups in total. The number of anilines is 1. The molecule has 128 valence electrons. The van der Waals surface area contributed by atoms with Crippen LogP contribution in [0.3, 0.4) is 0 Å². The van der Waals surface area contributed by atoms with Crippen molar-refractivity contribution in [1.82, 2.24) is 24.7 Å². The van der Waals surface area contributed by atoms with Crippen LogP contribution >= 0.6 is 11.3 Å². The molecule has 8 heteroatoms. The van der Waals surface area contributed by atoms with E-state index in [9.17, 15) is 4.79 Å². The Hall–Kier alpha value is -3.39. The Bertz CT molecular complexity index is 999. The molecule has 26 heavy (non-hydrogen) atoms. The second-order valence-corrected chi connectivity index (χ2v) is 6.42. The second-order valence-electron chi connectivity index (χ2n) is 5.39. The fraction of sp³-hybridized carbons (Fsp3) is 0.0556. The van der Waals surface area contributed by atoms with Gasteiger partial charge in [0.25, 0.3) is 5.91 Å². The van der Waals surface area contributed by atoms with Gasteiger partial charge in [0.1, 0.15) is 0 Å². The lowest BCUT2D eigenvalue weighted by atomic mass is 10.3. The minimum atomic E-state index is -0.297. The third-order valence-corrected chi connectivity index (χ3v) is 4.50. The van der Waals surface area contributed by atoms with Crippen LogP contribution in [0.1, 0.15) is 15.2 Å². The molecule has 4 aromatic rings. The molecule has 0 radical (unpaired) electrons.